The van der Waals surface area contributed by atoms with Gasteiger partial charge in [-0.25, -0.2) is 37.5 Å². The molecule has 4 heterocycles. The number of amides is 2. The molecule has 0 aliphatic heterocycles. The predicted octanol–water partition coefficient (Wildman–Crippen LogP) is 7.37. The molecule has 0 unspecified atom stereocenters. The summed E-state index contributed by atoms with van der Waals surface area (Å²) in [5.74, 6) is -3.63. The zero-order chi connectivity index (χ0) is 48.6. The van der Waals surface area contributed by atoms with Gasteiger partial charge in [-0.15, -0.1) is 0 Å². The van der Waals surface area contributed by atoms with Crippen molar-refractivity contribution in [2.75, 3.05) is 78.3 Å². The Bertz CT molecular complexity index is 3110. The van der Waals surface area contributed by atoms with E-state index in [1.54, 1.807) is 18.7 Å². The molecule has 358 valence electrons. The second-order valence-corrected chi connectivity index (χ2v) is 18.0. The van der Waals surface area contributed by atoms with Crippen molar-refractivity contribution in [2.24, 2.45) is 11.5 Å². The number of hydrogen-bond donors (Lipinski definition) is 4. The summed E-state index contributed by atoms with van der Waals surface area (Å²) in [7, 11) is 11.8. The standard InChI is InChI=1S/C26H31F2N7O.C22H25F2N7O/c1-33(2)10-11-34(3)21-13-18(23-24(31-14-30-23)22(21)25(29)36)16-4-5-20-19(12-16)32-15-35(20)17-6-8-26(27,28)9-7-17;1-29(2)6-7-30(3)17-9-14(20-21(27-11-26-20)19(17)22(25)32)13-4-5-16-15(8-13)28-12-31(16)10-18(23)24/h4-5,12-15,17H,6-11H2,1-3H3,(H2,29,36)(H,30,31);4-5,8-9,11-12,18H,6-7,10H2,1-3H3,(H2,25,32)(H,26,27). The Kier molecular flexibility index (Phi) is 13.4. The summed E-state index contributed by atoms with van der Waals surface area (Å²) in [6.45, 7) is 2.58. The van der Waals surface area contributed by atoms with Crippen LogP contribution in [0.3, 0.4) is 0 Å². The fourth-order valence-electron chi connectivity index (χ4n) is 8.99. The molecular formula is C48H56F4N14O2. The molecule has 8 aromatic rings. The van der Waals surface area contributed by atoms with Crippen molar-refractivity contribution in [1.82, 2.24) is 48.8 Å². The van der Waals surface area contributed by atoms with Crippen molar-refractivity contribution < 1.29 is 27.2 Å². The third kappa shape index (κ3) is 9.68. The number of halogens is 4. The fraction of sp³-hybridized carbons (Fsp3) is 0.375. The van der Waals surface area contributed by atoms with Crippen molar-refractivity contribution in [3.05, 3.63) is 85.0 Å². The number of carbonyl (C=O) groups excluding carboxylic acids is 2. The number of nitrogens with zero attached hydrogens (tertiary/aromatic N) is 10. The number of aromatic amines is 2. The van der Waals surface area contributed by atoms with Gasteiger partial charge >= 0.3 is 0 Å². The number of imidazole rings is 4. The number of likely N-dealkylation sites (N-methyl/N-ethyl adjacent to an activating group) is 4. The molecule has 16 nitrogen and oxygen atoms in total. The van der Waals surface area contributed by atoms with Crippen molar-refractivity contribution in [3.63, 3.8) is 0 Å². The van der Waals surface area contributed by atoms with Gasteiger partial charge in [-0.05, 0) is 88.6 Å². The van der Waals surface area contributed by atoms with E-state index >= 15 is 0 Å². The lowest BCUT2D eigenvalue weighted by atomic mass is 9.92. The van der Waals surface area contributed by atoms with E-state index in [2.05, 4.69) is 39.7 Å². The zero-order valence-electron chi connectivity index (χ0n) is 38.9. The highest BCUT2D eigenvalue weighted by molar-refractivity contribution is 6.14. The van der Waals surface area contributed by atoms with Gasteiger partial charge in [-0.1, -0.05) is 12.1 Å². The first-order valence-corrected chi connectivity index (χ1v) is 22.3. The number of benzene rings is 4. The lowest BCUT2D eigenvalue weighted by molar-refractivity contribution is -0.0436. The number of H-pyrrole nitrogens is 2. The molecule has 1 aliphatic carbocycles. The second-order valence-electron chi connectivity index (χ2n) is 18.0. The molecule has 2 amide bonds. The number of primary amides is 2. The van der Waals surface area contributed by atoms with Crippen LogP contribution in [0, 0.1) is 0 Å². The van der Waals surface area contributed by atoms with E-state index in [1.807, 2.05) is 99.1 Å². The van der Waals surface area contributed by atoms with E-state index in [1.165, 1.54) is 17.2 Å². The molecule has 1 saturated carbocycles. The molecule has 6 N–H and O–H groups in total. The van der Waals surface area contributed by atoms with Gasteiger partial charge in [0.2, 0.25) is 5.92 Å². The first kappa shape index (κ1) is 47.4. The SMILES string of the molecule is CN(C)CCN(C)c1cc(-c2ccc3c(c2)ncn3C2CCC(F)(F)CC2)c2nc[nH]c2c1C(N)=O.CN(C)CCN(C)c1cc(-c2ccc3c(c2)ncn3CC(F)F)c2nc[nH]c2c1C(N)=O. The molecule has 20 heteroatoms. The van der Waals surface area contributed by atoms with Gasteiger partial charge in [-0.3, -0.25) is 9.59 Å². The summed E-state index contributed by atoms with van der Waals surface area (Å²) in [5.41, 5.74) is 22.5. The van der Waals surface area contributed by atoms with Gasteiger partial charge in [0.15, 0.2) is 0 Å². The van der Waals surface area contributed by atoms with E-state index in [0.717, 1.165) is 52.1 Å². The van der Waals surface area contributed by atoms with Crippen molar-refractivity contribution in [3.8, 4) is 22.3 Å². The number of anilines is 2. The van der Waals surface area contributed by atoms with Crippen molar-refractivity contribution >= 4 is 67.3 Å². The molecule has 9 rings (SSSR count). The highest BCUT2D eigenvalue weighted by Gasteiger charge is 2.36. The lowest BCUT2D eigenvalue weighted by Gasteiger charge is -2.29. The predicted molar refractivity (Wildman–Crippen MR) is 259 cm³/mol. The van der Waals surface area contributed by atoms with Crippen LogP contribution in [0.25, 0.3) is 66.4 Å². The van der Waals surface area contributed by atoms with Crippen LogP contribution in [-0.4, -0.2) is 141 Å². The summed E-state index contributed by atoms with van der Waals surface area (Å²) in [5, 5.41) is 0. The maximum Gasteiger partial charge on any atom is 0.256 e. The second kappa shape index (κ2) is 19.3. The maximum absolute atomic E-state index is 13.7. The van der Waals surface area contributed by atoms with E-state index < -0.39 is 30.7 Å². The van der Waals surface area contributed by atoms with Crippen LogP contribution in [0.2, 0.25) is 0 Å². The Morgan fingerprint density at radius 3 is 1.63 bits per heavy atom. The minimum absolute atomic E-state index is 0.0188. The Balaban J connectivity index is 0.000000185. The highest BCUT2D eigenvalue weighted by Crippen LogP contribution is 2.41. The number of hydrogen-bond acceptors (Lipinski definition) is 10. The largest absolute Gasteiger partial charge is 0.373 e. The maximum atomic E-state index is 13.7. The Morgan fingerprint density at radius 2 is 1.16 bits per heavy atom. The molecule has 68 heavy (non-hydrogen) atoms. The van der Waals surface area contributed by atoms with Gasteiger partial charge in [0.1, 0.15) is 0 Å². The molecule has 0 spiro atoms. The average molecular weight is 937 g/mol. The van der Waals surface area contributed by atoms with Crippen molar-refractivity contribution in [2.45, 2.75) is 50.6 Å². The fourth-order valence-corrected chi connectivity index (χ4v) is 8.99. The Labute approximate surface area is 389 Å². The van der Waals surface area contributed by atoms with Crippen LogP contribution < -0.4 is 21.3 Å². The van der Waals surface area contributed by atoms with E-state index in [-0.39, 0.29) is 18.9 Å². The Hall–Kier alpha value is -7.06. The van der Waals surface area contributed by atoms with E-state index in [9.17, 15) is 27.2 Å². The summed E-state index contributed by atoms with van der Waals surface area (Å²) >= 11 is 0. The lowest BCUT2D eigenvalue weighted by Crippen LogP contribution is -2.30. The van der Waals surface area contributed by atoms with Crippen molar-refractivity contribution in [1.29, 1.82) is 0 Å². The normalized spacial score (nSPS) is 14.2. The number of carbonyl (C=O) groups is 2. The van der Waals surface area contributed by atoms with Gasteiger partial charge in [0, 0.05) is 70.3 Å². The summed E-state index contributed by atoms with van der Waals surface area (Å²) in [6.07, 6.45) is 4.49. The monoisotopic (exact) mass is 936 g/mol. The average Bonchev–Trinajstić information content (AvgIpc) is 4.13. The number of nitrogens with one attached hydrogen (secondary N) is 2. The topological polar surface area (TPSA) is 192 Å². The van der Waals surface area contributed by atoms with Crippen LogP contribution in [-0.2, 0) is 6.54 Å². The van der Waals surface area contributed by atoms with Crippen LogP contribution in [0.15, 0.2) is 73.8 Å². The minimum atomic E-state index is -2.57. The van der Waals surface area contributed by atoms with Crippen LogP contribution in [0.1, 0.15) is 52.4 Å². The van der Waals surface area contributed by atoms with E-state index in [0.29, 0.717) is 75.8 Å². The molecule has 1 fully saturated rings. The molecule has 0 bridgehead atoms. The van der Waals surface area contributed by atoms with Gasteiger partial charge in [0.25, 0.3) is 18.2 Å². The number of nitrogens with two attached hydrogens (primary N) is 2. The van der Waals surface area contributed by atoms with E-state index in [4.69, 9.17) is 11.5 Å². The summed E-state index contributed by atoms with van der Waals surface area (Å²) in [4.78, 5) is 56.9. The molecule has 0 saturated heterocycles. The highest BCUT2D eigenvalue weighted by atomic mass is 19.3. The number of fused-ring (bicyclic) bond motifs is 4. The van der Waals surface area contributed by atoms with Gasteiger partial charge in [-0.2, -0.15) is 0 Å². The zero-order valence-corrected chi connectivity index (χ0v) is 38.9. The summed E-state index contributed by atoms with van der Waals surface area (Å²) < 4.78 is 56.5. The molecular weight excluding hydrogens is 881 g/mol. The van der Waals surface area contributed by atoms with Crippen LogP contribution in [0.4, 0.5) is 28.9 Å². The van der Waals surface area contributed by atoms with Crippen LogP contribution in [0.5, 0.6) is 0 Å². The minimum Gasteiger partial charge on any atom is -0.373 e. The molecule has 4 aromatic carbocycles. The van der Waals surface area contributed by atoms with Crippen LogP contribution >= 0.6 is 0 Å². The number of aromatic nitrogens is 8. The smallest absolute Gasteiger partial charge is 0.256 e. The quantitative estimate of drug-likeness (QED) is 0.0755. The number of rotatable bonds is 15. The Morgan fingerprint density at radius 1 is 0.691 bits per heavy atom. The molecule has 4 aromatic heterocycles. The third-order valence-corrected chi connectivity index (χ3v) is 12.7. The first-order chi connectivity index (χ1) is 32.4. The first-order valence-electron chi connectivity index (χ1n) is 22.3. The van der Waals surface area contributed by atoms with Gasteiger partial charge in [0.05, 0.1) is 98.5 Å². The third-order valence-electron chi connectivity index (χ3n) is 12.7. The molecule has 1 aliphatic rings. The molecule has 0 atom stereocenters. The summed E-state index contributed by atoms with van der Waals surface area (Å²) in [6, 6.07) is 15.3. The molecule has 0 radical (unpaired) electrons. The number of alkyl halides is 4. The van der Waals surface area contributed by atoms with Gasteiger partial charge < -0.3 is 50.2 Å².